The van der Waals surface area contributed by atoms with Crippen molar-refractivity contribution in [3.05, 3.63) is 6.42 Å². The molecule has 1 radical (unpaired) electrons. The predicted octanol–water partition coefficient (Wildman–Crippen LogP) is 0.0964. The Kier molecular flexibility index (Phi) is 1.86. The summed E-state index contributed by atoms with van der Waals surface area (Å²) < 4.78 is 0. The maximum absolute atomic E-state index is 8.86. The Morgan fingerprint density at radius 2 is 1.62 bits per heavy atom. The minimum absolute atomic E-state index is 0.362. The predicted molar refractivity (Wildman–Crippen MR) is 30.2 cm³/mol. The number of rotatable bonds is 0. The molecule has 0 aromatic rings. The van der Waals surface area contributed by atoms with Crippen LogP contribution in [0.15, 0.2) is 0 Å². The fraction of sp³-hybridized carbons (Fsp3) is 0.833. The van der Waals surface area contributed by atoms with E-state index in [1.807, 2.05) is 0 Å². The van der Waals surface area contributed by atoms with Gasteiger partial charge in [-0.15, -0.1) is 0 Å². The van der Waals surface area contributed by atoms with Crippen molar-refractivity contribution >= 4 is 0 Å². The van der Waals surface area contributed by atoms with E-state index in [9.17, 15) is 0 Å². The van der Waals surface area contributed by atoms with Gasteiger partial charge in [-0.3, -0.25) is 0 Å². The summed E-state index contributed by atoms with van der Waals surface area (Å²) >= 11 is 0. The van der Waals surface area contributed by atoms with Crippen LogP contribution in [-0.4, -0.2) is 22.4 Å². The summed E-state index contributed by atoms with van der Waals surface area (Å²) in [5.74, 6) is 0. The van der Waals surface area contributed by atoms with Gasteiger partial charge in [0.2, 0.25) is 0 Å². The number of hydrogen-bond acceptors (Lipinski definition) is 2. The topological polar surface area (TPSA) is 40.5 Å². The number of hydrogen-bond donors (Lipinski definition) is 2. The Hall–Kier alpha value is -0.0800. The average molecular weight is 115 g/mol. The van der Waals surface area contributed by atoms with Crippen LogP contribution in [0.1, 0.15) is 19.3 Å². The van der Waals surface area contributed by atoms with Gasteiger partial charge >= 0.3 is 0 Å². The lowest BCUT2D eigenvalue weighted by atomic mass is 9.95. The Morgan fingerprint density at radius 3 is 1.88 bits per heavy atom. The fourth-order valence-electron chi connectivity index (χ4n) is 0.985. The van der Waals surface area contributed by atoms with E-state index in [1.54, 1.807) is 6.42 Å². The normalized spacial score (nSPS) is 39.8. The van der Waals surface area contributed by atoms with Crippen LogP contribution in [0.2, 0.25) is 0 Å². The lowest BCUT2D eigenvalue weighted by molar-refractivity contribution is 0.0948. The summed E-state index contributed by atoms with van der Waals surface area (Å²) in [5.41, 5.74) is 0. The first kappa shape index (κ1) is 6.05. The lowest BCUT2D eigenvalue weighted by Gasteiger charge is -2.20. The van der Waals surface area contributed by atoms with E-state index in [4.69, 9.17) is 10.2 Å². The SMILES string of the molecule is OC1[CH]C(O)CCC1. The van der Waals surface area contributed by atoms with Crippen molar-refractivity contribution in [3.63, 3.8) is 0 Å². The van der Waals surface area contributed by atoms with Gasteiger partial charge in [0, 0.05) is 6.42 Å². The molecule has 1 saturated carbocycles. The number of aliphatic hydroxyl groups excluding tert-OH is 2. The molecule has 1 aliphatic carbocycles. The Labute approximate surface area is 49.1 Å². The van der Waals surface area contributed by atoms with Gasteiger partial charge < -0.3 is 10.2 Å². The van der Waals surface area contributed by atoms with E-state index >= 15 is 0 Å². The van der Waals surface area contributed by atoms with E-state index in [0.717, 1.165) is 19.3 Å². The second kappa shape index (κ2) is 2.46. The quantitative estimate of drug-likeness (QED) is 0.470. The molecule has 0 bridgehead atoms. The summed E-state index contributed by atoms with van der Waals surface area (Å²) in [5, 5.41) is 17.7. The second-order valence-corrected chi connectivity index (χ2v) is 2.26. The molecule has 2 heteroatoms. The van der Waals surface area contributed by atoms with Gasteiger partial charge in [-0.25, -0.2) is 0 Å². The molecule has 0 saturated heterocycles. The molecule has 2 atom stereocenters. The van der Waals surface area contributed by atoms with Crippen LogP contribution in [0.4, 0.5) is 0 Å². The van der Waals surface area contributed by atoms with Crippen molar-refractivity contribution in [3.8, 4) is 0 Å². The van der Waals surface area contributed by atoms with E-state index < -0.39 is 0 Å². The van der Waals surface area contributed by atoms with Gasteiger partial charge in [0.25, 0.3) is 0 Å². The van der Waals surface area contributed by atoms with E-state index in [-0.39, 0.29) is 12.2 Å². The first-order valence-corrected chi connectivity index (χ1v) is 3.00. The summed E-state index contributed by atoms with van der Waals surface area (Å²) in [6.07, 6.45) is 3.44. The molecule has 8 heavy (non-hydrogen) atoms. The van der Waals surface area contributed by atoms with Crippen LogP contribution in [0, 0.1) is 6.42 Å². The summed E-state index contributed by atoms with van der Waals surface area (Å²) in [4.78, 5) is 0. The molecule has 2 N–H and O–H groups in total. The molecule has 0 spiro atoms. The van der Waals surface area contributed by atoms with Crippen LogP contribution in [0.5, 0.6) is 0 Å². The Balaban J connectivity index is 2.23. The molecule has 0 heterocycles. The highest BCUT2D eigenvalue weighted by molar-refractivity contribution is 4.87. The molecule has 0 aliphatic heterocycles. The third-order valence-electron chi connectivity index (χ3n) is 1.44. The smallest absolute Gasteiger partial charge is 0.0597 e. The zero-order valence-electron chi connectivity index (χ0n) is 4.75. The van der Waals surface area contributed by atoms with Gasteiger partial charge in [-0.05, 0) is 19.3 Å². The first-order chi connectivity index (χ1) is 3.79. The molecule has 47 valence electrons. The molecule has 1 rings (SSSR count). The third-order valence-corrected chi connectivity index (χ3v) is 1.44. The average Bonchev–Trinajstić information content (AvgIpc) is 1.64. The molecule has 1 aliphatic rings. The third kappa shape index (κ3) is 1.46. The maximum Gasteiger partial charge on any atom is 0.0597 e. The largest absolute Gasteiger partial charge is 0.393 e. The molecular weight excluding hydrogens is 104 g/mol. The monoisotopic (exact) mass is 115 g/mol. The molecule has 1 fully saturated rings. The van der Waals surface area contributed by atoms with Gasteiger partial charge in [0.15, 0.2) is 0 Å². The Morgan fingerprint density at radius 1 is 1.12 bits per heavy atom. The standard InChI is InChI=1S/C6H11O2/c7-5-2-1-3-6(8)4-5/h4-8H,1-3H2. The molecule has 2 unspecified atom stereocenters. The zero-order valence-corrected chi connectivity index (χ0v) is 4.75. The first-order valence-electron chi connectivity index (χ1n) is 3.00. The zero-order chi connectivity index (χ0) is 5.98. The number of aliphatic hydroxyl groups is 2. The van der Waals surface area contributed by atoms with Gasteiger partial charge in [-0.2, -0.15) is 0 Å². The van der Waals surface area contributed by atoms with Crippen LogP contribution in [0.25, 0.3) is 0 Å². The fourth-order valence-corrected chi connectivity index (χ4v) is 0.985. The van der Waals surface area contributed by atoms with Crippen LogP contribution >= 0.6 is 0 Å². The highest BCUT2D eigenvalue weighted by Gasteiger charge is 2.17. The maximum atomic E-state index is 8.86. The van der Waals surface area contributed by atoms with Crippen LogP contribution in [0.3, 0.4) is 0 Å². The Bertz CT molecular complexity index is 64.9. The summed E-state index contributed by atoms with van der Waals surface area (Å²) in [6.45, 7) is 0. The highest BCUT2D eigenvalue weighted by Crippen LogP contribution is 2.16. The summed E-state index contributed by atoms with van der Waals surface area (Å²) in [6, 6.07) is 0. The van der Waals surface area contributed by atoms with E-state index in [0.29, 0.717) is 0 Å². The molecule has 0 aromatic carbocycles. The van der Waals surface area contributed by atoms with Crippen molar-refractivity contribution in [2.24, 2.45) is 0 Å². The van der Waals surface area contributed by atoms with Gasteiger partial charge in [-0.1, -0.05) is 0 Å². The van der Waals surface area contributed by atoms with Crippen molar-refractivity contribution in [1.29, 1.82) is 0 Å². The minimum Gasteiger partial charge on any atom is -0.393 e. The lowest BCUT2D eigenvalue weighted by Crippen LogP contribution is -2.23. The van der Waals surface area contributed by atoms with Gasteiger partial charge in [0.05, 0.1) is 12.2 Å². The molecular formula is C6H11O2. The molecule has 0 amide bonds. The van der Waals surface area contributed by atoms with Crippen LogP contribution < -0.4 is 0 Å². The molecule has 2 nitrogen and oxygen atoms in total. The van der Waals surface area contributed by atoms with Crippen molar-refractivity contribution < 1.29 is 10.2 Å². The van der Waals surface area contributed by atoms with E-state index in [2.05, 4.69) is 0 Å². The van der Waals surface area contributed by atoms with Gasteiger partial charge in [0.1, 0.15) is 0 Å². The summed E-state index contributed by atoms with van der Waals surface area (Å²) in [7, 11) is 0. The van der Waals surface area contributed by atoms with Crippen molar-refractivity contribution in [2.45, 2.75) is 31.5 Å². The highest BCUT2D eigenvalue weighted by atomic mass is 16.3. The van der Waals surface area contributed by atoms with Crippen LogP contribution in [-0.2, 0) is 0 Å². The molecule has 0 aromatic heterocycles. The van der Waals surface area contributed by atoms with Crippen molar-refractivity contribution in [2.75, 3.05) is 0 Å². The van der Waals surface area contributed by atoms with Crippen molar-refractivity contribution in [1.82, 2.24) is 0 Å². The minimum atomic E-state index is -0.362. The second-order valence-electron chi connectivity index (χ2n) is 2.26. The van der Waals surface area contributed by atoms with E-state index in [1.165, 1.54) is 0 Å².